The summed E-state index contributed by atoms with van der Waals surface area (Å²) in [5, 5.41) is 1.01. The van der Waals surface area contributed by atoms with Gasteiger partial charge in [0.1, 0.15) is 11.5 Å². The number of aromatic nitrogens is 1. The molecule has 3 aromatic rings. The lowest BCUT2D eigenvalue weighted by atomic mass is 10.1. The van der Waals surface area contributed by atoms with Gasteiger partial charge in [0, 0.05) is 17.6 Å². The van der Waals surface area contributed by atoms with Crippen molar-refractivity contribution in [2.24, 2.45) is 5.73 Å². The van der Waals surface area contributed by atoms with Crippen molar-refractivity contribution < 1.29 is 4.74 Å². The molecule has 0 spiro atoms. The maximum Gasteiger partial charge on any atom is 0.136 e. The molecule has 0 saturated heterocycles. The molecule has 1 atom stereocenters. The van der Waals surface area contributed by atoms with E-state index in [0.717, 1.165) is 34.4 Å². The van der Waals surface area contributed by atoms with E-state index in [4.69, 9.17) is 10.5 Å². The van der Waals surface area contributed by atoms with Gasteiger partial charge in [-0.15, -0.1) is 0 Å². The van der Waals surface area contributed by atoms with Crippen LogP contribution in [-0.2, 0) is 0 Å². The molecule has 2 aromatic carbocycles. The molecule has 21 heavy (non-hydrogen) atoms. The molecule has 0 aliphatic rings. The number of ether oxygens (including phenoxy) is 1. The number of hydrogen-bond acceptors (Lipinski definition) is 3. The molecule has 0 unspecified atom stereocenters. The number of rotatable bonds is 4. The lowest BCUT2D eigenvalue weighted by Crippen LogP contribution is -2.07. The molecule has 0 fully saturated rings. The maximum atomic E-state index is 6.02. The topological polar surface area (TPSA) is 48.1 Å². The first-order valence-corrected chi connectivity index (χ1v) is 7.15. The van der Waals surface area contributed by atoms with Crippen molar-refractivity contribution in [1.29, 1.82) is 0 Å². The van der Waals surface area contributed by atoms with E-state index in [2.05, 4.69) is 11.9 Å². The van der Waals surface area contributed by atoms with E-state index in [1.807, 2.05) is 54.6 Å². The number of hydrogen-bond donors (Lipinski definition) is 1. The smallest absolute Gasteiger partial charge is 0.136 e. The molecular formula is C18H18N2O. The summed E-state index contributed by atoms with van der Waals surface area (Å²) in [6, 6.07) is 17.9. The Kier molecular flexibility index (Phi) is 3.84. The Balaban J connectivity index is 1.88. The Morgan fingerprint density at radius 3 is 2.62 bits per heavy atom. The van der Waals surface area contributed by atoms with Gasteiger partial charge in [0.2, 0.25) is 0 Å². The Hall–Kier alpha value is -2.39. The third kappa shape index (κ3) is 2.88. The van der Waals surface area contributed by atoms with Crippen LogP contribution in [0.4, 0.5) is 0 Å². The van der Waals surface area contributed by atoms with Crippen molar-refractivity contribution in [3.63, 3.8) is 0 Å². The highest BCUT2D eigenvalue weighted by Gasteiger charge is 2.06. The van der Waals surface area contributed by atoms with Gasteiger partial charge in [-0.1, -0.05) is 25.1 Å². The fourth-order valence-corrected chi connectivity index (χ4v) is 2.31. The van der Waals surface area contributed by atoms with Crippen LogP contribution in [0.3, 0.4) is 0 Å². The standard InChI is InChI=1S/C18H18N2O/c1-2-16(19)13-8-10-14(11-9-13)21-18-7-3-6-17-15(18)5-4-12-20-17/h3-12,16H,2,19H2,1H3/t16-/m1/s1. The summed E-state index contributed by atoms with van der Waals surface area (Å²) in [6.07, 6.45) is 2.71. The predicted molar refractivity (Wildman–Crippen MR) is 85.5 cm³/mol. The highest BCUT2D eigenvalue weighted by Crippen LogP contribution is 2.29. The van der Waals surface area contributed by atoms with Crippen molar-refractivity contribution in [1.82, 2.24) is 4.98 Å². The van der Waals surface area contributed by atoms with Crippen molar-refractivity contribution >= 4 is 10.9 Å². The van der Waals surface area contributed by atoms with Crippen LogP contribution < -0.4 is 10.5 Å². The summed E-state index contributed by atoms with van der Waals surface area (Å²) < 4.78 is 5.98. The van der Waals surface area contributed by atoms with Crippen LogP contribution in [0.2, 0.25) is 0 Å². The zero-order chi connectivity index (χ0) is 14.7. The van der Waals surface area contributed by atoms with Gasteiger partial charge in [-0.3, -0.25) is 4.98 Å². The average molecular weight is 278 g/mol. The van der Waals surface area contributed by atoms with Gasteiger partial charge in [0.25, 0.3) is 0 Å². The highest BCUT2D eigenvalue weighted by atomic mass is 16.5. The Labute approximate surface area is 124 Å². The van der Waals surface area contributed by atoms with Crippen molar-refractivity contribution in [2.45, 2.75) is 19.4 Å². The summed E-state index contributed by atoms with van der Waals surface area (Å²) in [7, 11) is 0. The third-order valence-electron chi connectivity index (χ3n) is 3.58. The molecular weight excluding hydrogens is 260 g/mol. The number of nitrogens with zero attached hydrogens (tertiary/aromatic N) is 1. The van der Waals surface area contributed by atoms with Crippen LogP contribution in [0, 0.1) is 0 Å². The molecule has 3 heteroatoms. The second-order valence-electron chi connectivity index (χ2n) is 5.01. The van der Waals surface area contributed by atoms with Crippen LogP contribution in [0.1, 0.15) is 24.9 Å². The van der Waals surface area contributed by atoms with Gasteiger partial charge in [0.15, 0.2) is 0 Å². The van der Waals surface area contributed by atoms with Gasteiger partial charge in [-0.25, -0.2) is 0 Å². The quantitative estimate of drug-likeness (QED) is 0.767. The monoisotopic (exact) mass is 278 g/mol. The summed E-state index contributed by atoms with van der Waals surface area (Å²) in [5.74, 6) is 1.62. The van der Waals surface area contributed by atoms with Crippen molar-refractivity contribution in [3.05, 3.63) is 66.4 Å². The minimum Gasteiger partial charge on any atom is -0.457 e. The fourth-order valence-electron chi connectivity index (χ4n) is 2.31. The number of benzene rings is 2. The SMILES string of the molecule is CC[C@@H](N)c1ccc(Oc2cccc3ncccc23)cc1. The minimum absolute atomic E-state index is 0.0841. The summed E-state index contributed by atoms with van der Waals surface area (Å²) >= 11 is 0. The second-order valence-corrected chi connectivity index (χ2v) is 5.01. The van der Waals surface area contributed by atoms with Crippen LogP contribution in [-0.4, -0.2) is 4.98 Å². The molecule has 1 aromatic heterocycles. The first-order chi connectivity index (χ1) is 10.3. The third-order valence-corrected chi connectivity index (χ3v) is 3.58. The summed E-state index contributed by atoms with van der Waals surface area (Å²) in [5.41, 5.74) is 8.08. The van der Waals surface area contributed by atoms with E-state index >= 15 is 0 Å². The van der Waals surface area contributed by atoms with Gasteiger partial charge in [-0.05, 0) is 48.4 Å². The molecule has 3 nitrogen and oxygen atoms in total. The summed E-state index contributed by atoms with van der Waals surface area (Å²) in [4.78, 5) is 4.34. The van der Waals surface area contributed by atoms with E-state index < -0.39 is 0 Å². The number of nitrogens with two attached hydrogens (primary N) is 1. The maximum absolute atomic E-state index is 6.02. The van der Waals surface area contributed by atoms with E-state index in [9.17, 15) is 0 Å². The second kappa shape index (κ2) is 5.94. The van der Waals surface area contributed by atoms with Crippen molar-refractivity contribution in [3.8, 4) is 11.5 Å². The largest absolute Gasteiger partial charge is 0.457 e. The van der Waals surface area contributed by atoms with E-state index in [1.54, 1.807) is 6.20 Å². The first kappa shape index (κ1) is 13.6. The van der Waals surface area contributed by atoms with Gasteiger partial charge in [0.05, 0.1) is 5.52 Å². The lowest BCUT2D eigenvalue weighted by molar-refractivity contribution is 0.487. The molecule has 2 N–H and O–H groups in total. The molecule has 106 valence electrons. The molecule has 0 radical (unpaired) electrons. The zero-order valence-electron chi connectivity index (χ0n) is 12.0. The Morgan fingerprint density at radius 2 is 1.86 bits per heavy atom. The van der Waals surface area contributed by atoms with Crippen LogP contribution in [0.15, 0.2) is 60.8 Å². The van der Waals surface area contributed by atoms with Gasteiger partial charge in [-0.2, -0.15) is 0 Å². The minimum atomic E-state index is 0.0841. The van der Waals surface area contributed by atoms with Gasteiger partial charge < -0.3 is 10.5 Å². The van der Waals surface area contributed by atoms with E-state index in [0.29, 0.717) is 0 Å². The van der Waals surface area contributed by atoms with Crippen LogP contribution in [0.25, 0.3) is 10.9 Å². The van der Waals surface area contributed by atoms with E-state index in [-0.39, 0.29) is 6.04 Å². The zero-order valence-corrected chi connectivity index (χ0v) is 12.0. The first-order valence-electron chi connectivity index (χ1n) is 7.15. The normalized spacial score (nSPS) is 12.3. The number of pyridine rings is 1. The highest BCUT2D eigenvalue weighted by molar-refractivity contribution is 5.85. The lowest BCUT2D eigenvalue weighted by Gasteiger charge is -2.11. The van der Waals surface area contributed by atoms with E-state index in [1.165, 1.54) is 0 Å². The van der Waals surface area contributed by atoms with Crippen LogP contribution in [0.5, 0.6) is 11.5 Å². The molecule has 0 amide bonds. The van der Waals surface area contributed by atoms with Crippen molar-refractivity contribution in [2.75, 3.05) is 0 Å². The fraction of sp³-hybridized carbons (Fsp3) is 0.167. The van der Waals surface area contributed by atoms with Crippen LogP contribution >= 0.6 is 0 Å². The molecule has 3 rings (SSSR count). The number of fused-ring (bicyclic) bond motifs is 1. The molecule has 0 aliphatic heterocycles. The molecule has 0 saturated carbocycles. The molecule has 0 aliphatic carbocycles. The Morgan fingerprint density at radius 1 is 1.05 bits per heavy atom. The molecule has 1 heterocycles. The predicted octanol–water partition coefficient (Wildman–Crippen LogP) is 4.44. The average Bonchev–Trinajstić information content (AvgIpc) is 2.55. The summed E-state index contributed by atoms with van der Waals surface area (Å²) in [6.45, 7) is 2.08. The molecule has 0 bridgehead atoms. The Bertz CT molecular complexity index is 732. The van der Waals surface area contributed by atoms with Gasteiger partial charge >= 0.3 is 0 Å².